The molecule has 0 spiro atoms. The number of nitrogens with zero attached hydrogens (tertiary/aromatic N) is 1. The Morgan fingerprint density at radius 1 is 0.900 bits per heavy atom. The zero-order valence-electron chi connectivity index (χ0n) is 23.1. The van der Waals surface area contributed by atoms with Crippen LogP contribution in [0.3, 0.4) is 0 Å². The first-order valence-electron chi connectivity index (χ1n) is 14.1. The topological polar surface area (TPSA) is 65.1 Å². The number of ketones is 2. The molecule has 1 heterocycles. The maximum absolute atomic E-state index is 13.6. The Labute approximate surface area is 245 Å². The fourth-order valence-electron chi connectivity index (χ4n) is 6.11. The van der Waals surface area contributed by atoms with Gasteiger partial charge in [-0.3, -0.25) is 9.59 Å². The molecular formula is C32H35Cl2NO5. The summed E-state index contributed by atoms with van der Waals surface area (Å²) in [6, 6.07) is 11.2. The predicted molar refractivity (Wildman–Crippen MR) is 156 cm³/mol. The lowest BCUT2D eigenvalue weighted by atomic mass is 9.71. The lowest BCUT2D eigenvalue weighted by Gasteiger charge is -2.44. The van der Waals surface area contributed by atoms with Crippen LogP contribution in [0.15, 0.2) is 58.9 Å². The smallest absolute Gasteiger partial charge is 0.180 e. The van der Waals surface area contributed by atoms with Crippen LogP contribution in [0, 0.1) is 0 Å². The van der Waals surface area contributed by atoms with E-state index in [0.717, 1.165) is 72.3 Å². The molecule has 0 radical (unpaired) electrons. The zero-order chi connectivity index (χ0) is 28.2. The summed E-state index contributed by atoms with van der Waals surface area (Å²) in [5.74, 6) is 0.619. The molecule has 1 aliphatic heterocycles. The van der Waals surface area contributed by atoms with E-state index < -0.39 is 5.92 Å². The van der Waals surface area contributed by atoms with Gasteiger partial charge in [0.25, 0.3) is 0 Å². The maximum atomic E-state index is 13.6. The van der Waals surface area contributed by atoms with Crippen molar-refractivity contribution in [1.82, 2.24) is 4.90 Å². The molecule has 0 N–H and O–H groups in total. The number of allylic oxidation sites excluding steroid dienone is 4. The highest BCUT2D eigenvalue weighted by atomic mass is 35.5. The van der Waals surface area contributed by atoms with E-state index in [0.29, 0.717) is 47.6 Å². The van der Waals surface area contributed by atoms with Crippen molar-refractivity contribution >= 4 is 34.8 Å². The van der Waals surface area contributed by atoms with Crippen LogP contribution in [-0.4, -0.2) is 43.3 Å². The number of hydrogen-bond donors (Lipinski definition) is 0. The van der Waals surface area contributed by atoms with Crippen LogP contribution in [0.2, 0.25) is 10.0 Å². The monoisotopic (exact) mass is 583 g/mol. The lowest BCUT2D eigenvalue weighted by molar-refractivity contribution is -0.117. The van der Waals surface area contributed by atoms with Crippen molar-refractivity contribution in [3.8, 4) is 11.5 Å². The van der Waals surface area contributed by atoms with Crippen LogP contribution < -0.4 is 9.47 Å². The van der Waals surface area contributed by atoms with Crippen molar-refractivity contribution in [3.05, 3.63) is 80.1 Å². The highest BCUT2D eigenvalue weighted by Crippen LogP contribution is 2.51. The van der Waals surface area contributed by atoms with E-state index in [1.807, 2.05) is 43.3 Å². The second-order valence-corrected chi connectivity index (χ2v) is 11.2. The number of ether oxygens (including phenoxy) is 3. The van der Waals surface area contributed by atoms with E-state index in [-0.39, 0.29) is 18.2 Å². The van der Waals surface area contributed by atoms with Crippen molar-refractivity contribution in [2.45, 2.75) is 64.4 Å². The van der Waals surface area contributed by atoms with E-state index >= 15 is 0 Å². The summed E-state index contributed by atoms with van der Waals surface area (Å²) < 4.78 is 17.5. The fourth-order valence-corrected chi connectivity index (χ4v) is 6.57. The lowest BCUT2D eigenvalue weighted by Crippen LogP contribution is -2.39. The molecule has 40 heavy (non-hydrogen) atoms. The Bertz CT molecular complexity index is 1320. The van der Waals surface area contributed by atoms with E-state index in [9.17, 15) is 9.59 Å². The molecule has 0 saturated heterocycles. The second-order valence-electron chi connectivity index (χ2n) is 10.3. The van der Waals surface area contributed by atoms with Gasteiger partial charge in [-0.25, -0.2) is 0 Å². The third kappa shape index (κ3) is 5.67. The summed E-state index contributed by atoms with van der Waals surface area (Å²) in [7, 11) is 1.69. The van der Waals surface area contributed by atoms with Gasteiger partial charge < -0.3 is 19.1 Å². The van der Waals surface area contributed by atoms with Crippen molar-refractivity contribution in [2.24, 2.45) is 0 Å². The molecule has 2 aromatic rings. The number of benzene rings is 2. The van der Waals surface area contributed by atoms with E-state index in [2.05, 4.69) is 4.90 Å². The molecule has 0 atom stereocenters. The highest BCUT2D eigenvalue weighted by molar-refractivity contribution is 6.32. The first-order chi connectivity index (χ1) is 19.4. The van der Waals surface area contributed by atoms with E-state index in [1.54, 1.807) is 7.11 Å². The first-order valence-corrected chi connectivity index (χ1v) is 14.8. The number of halogens is 2. The van der Waals surface area contributed by atoms with Gasteiger partial charge >= 0.3 is 0 Å². The van der Waals surface area contributed by atoms with Crippen LogP contribution in [0.1, 0.15) is 68.9 Å². The SMILES string of the molecule is CCOc1cc(C2C3=C(CCCC3=O)N(CCCOC)C3=C2C(=O)CCC3)cc(Cl)c1OCc1ccccc1Cl. The highest BCUT2D eigenvalue weighted by Gasteiger charge is 2.43. The molecule has 2 aromatic carbocycles. The van der Waals surface area contributed by atoms with Crippen LogP contribution >= 0.6 is 23.2 Å². The normalized spacial score (nSPS) is 17.8. The van der Waals surface area contributed by atoms with Crippen LogP contribution in [-0.2, 0) is 20.9 Å². The van der Waals surface area contributed by atoms with Gasteiger partial charge in [-0.1, -0.05) is 41.4 Å². The second kappa shape index (κ2) is 12.8. The molecule has 0 amide bonds. The predicted octanol–water partition coefficient (Wildman–Crippen LogP) is 7.42. The molecular weight excluding hydrogens is 549 g/mol. The molecule has 6 nitrogen and oxygen atoms in total. The number of Topliss-reactive ketones (excluding diaryl/α,β-unsaturated/α-hetero) is 2. The largest absolute Gasteiger partial charge is 0.490 e. The first kappa shape index (κ1) is 28.7. The molecule has 2 aliphatic carbocycles. The van der Waals surface area contributed by atoms with Gasteiger partial charge in [0, 0.05) is 72.1 Å². The maximum Gasteiger partial charge on any atom is 0.180 e. The number of methoxy groups -OCH3 is 1. The molecule has 8 heteroatoms. The summed E-state index contributed by atoms with van der Waals surface area (Å²) in [4.78, 5) is 29.4. The molecule has 0 unspecified atom stereocenters. The fraction of sp³-hybridized carbons (Fsp3) is 0.438. The van der Waals surface area contributed by atoms with Crippen LogP contribution in [0.25, 0.3) is 0 Å². The molecule has 0 fully saturated rings. The quantitative estimate of drug-likeness (QED) is 0.271. The van der Waals surface area contributed by atoms with Gasteiger partial charge in [-0.05, 0) is 62.8 Å². The Morgan fingerprint density at radius 3 is 2.20 bits per heavy atom. The summed E-state index contributed by atoms with van der Waals surface area (Å²) >= 11 is 13.2. The van der Waals surface area contributed by atoms with Crippen LogP contribution in [0.5, 0.6) is 11.5 Å². The molecule has 5 rings (SSSR count). The van der Waals surface area contributed by atoms with Gasteiger partial charge in [0.1, 0.15) is 6.61 Å². The third-order valence-electron chi connectivity index (χ3n) is 7.81. The summed E-state index contributed by atoms with van der Waals surface area (Å²) in [6.45, 7) is 3.86. The van der Waals surface area contributed by atoms with Crippen molar-refractivity contribution in [3.63, 3.8) is 0 Å². The number of carbonyl (C=O) groups excluding carboxylic acids is 2. The minimum Gasteiger partial charge on any atom is -0.490 e. The Morgan fingerprint density at radius 2 is 1.57 bits per heavy atom. The average molecular weight is 585 g/mol. The Kier molecular flexibility index (Phi) is 9.19. The van der Waals surface area contributed by atoms with Gasteiger partial charge in [0.05, 0.1) is 11.6 Å². The van der Waals surface area contributed by atoms with Crippen molar-refractivity contribution < 1.29 is 23.8 Å². The molecule has 3 aliphatic rings. The molecule has 212 valence electrons. The van der Waals surface area contributed by atoms with Gasteiger partial charge in [-0.2, -0.15) is 0 Å². The van der Waals surface area contributed by atoms with Gasteiger partial charge in [0.15, 0.2) is 23.1 Å². The average Bonchev–Trinajstić information content (AvgIpc) is 2.94. The van der Waals surface area contributed by atoms with Crippen molar-refractivity contribution in [1.29, 1.82) is 0 Å². The minimum absolute atomic E-state index is 0.0982. The Hall–Kier alpha value is -2.80. The third-order valence-corrected chi connectivity index (χ3v) is 8.46. The standard InChI is InChI=1S/C32H35Cl2NO5/c1-3-39-28-18-21(17-23(34)32(28)40-19-20-9-4-5-10-22(20)33)29-30-24(11-6-13-26(30)36)35(15-8-16-38-2)25-12-7-14-27(37)31(25)29/h4-5,9-10,17-18,29H,3,6-8,11-16,19H2,1-2H3. The number of rotatable bonds is 10. The minimum atomic E-state index is -0.474. The molecule has 0 aromatic heterocycles. The van der Waals surface area contributed by atoms with E-state index in [1.165, 1.54) is 0 Å². The Balaban J connectivity index is 1.60. The molecule has 0 saturated carbocycles. The number of hydrogen-bond acceptors (Lipinski definition) is 6. The van der Waals surface area contributed by atoms with Gasteiger partial charge in [0.2, 0.25) is 0 Å². The molecule has 0 bridgehead atoms. The number of carbonyl (C=O) groups is 2. The van der Waals surface area contributed by atoms with Crippen LogP contribution in [0.4, 0.5) is 0 Å². The van der Waals surface area contributed by atoms with Gasteiger partial charge in [-0.15, -0.1) is 0 Å². The van der Waals surface area contributed by atoms with E-state index in [4.69, 9.17) is 37.4 Å². The van der Waals surface area contributed by atoms with Crippen molar-refractivity contribution in [2.75, 3.05) is 26.9 Å². The summed E-state index contributed by atoms with van der Waals surface area (Å²) in [5, 5.41) is 0.974. The zero-order valence-corrected chi connectivity index (χ0v) is 24.6. The summed E-state index contributed by atoms with van der Waals surface area (Å²) in [5.41, 5.74) is 5.14. The summed E-state index contributed by atoms with van der Waals surface area (Å²) in [6.07, 6.45) is 4.99.